The second-order valence-corrected chi connectivity index (χ2v) is 8.58. The van der Waals surface area contributed by atoms with Crippen molar-refractivity contribution in [3.63, 3.8) is 0 Å². The fraction of sp³-hybridized carbons (Fsp3) is 0.261. The molecule has 11 nitrogen and oxygen atoms in total. The highest BCUT2D eigenvalue weighted by Crippen LogP contribution is 2.52. The van der Waals surface area contributed by atoms with E-state index in [0.29, 0.717) is 5.56 Å². The van der Waals surface area contributed by atoms with E-state index >= 15 is 0 Å². The number of hydrogen-bond acceptors (Lipinski definition) is 7. The van der Waals surface area contributed by atoms with Gasteiger partial charge in [0.1, 0.15) is 0 Å². The van der Waals surface area contributed by atoms with Crippen molar-refractivity contribution in [2.75, 3.05) is 0 Å². The number of carbonyl (C=O) groups excluding carboxylic acids is 3. The van der Waals surface area contributed by atoms with E-state index in [0.717, 1.165) is 22.5 Å². The highest BCUT2D eigenvalue weighted by molar-refractivity contribution is 6.08. The predicted molar refractivity (Wildman–Crippen MR) is 116 cm³/mol. The van der Waals surface area contributed by atoms with Crippen LogP contribution in [0.25, 0.3) is 0 Å². The van der Waals surface area contributed by atoms with Gasteiger partial charge in [0.05, 0.1) is 28.2 Å². The quantitative estimate of drug-likeness (QED) is 0.278. The Kier molecular flexibility index (Phi) is 4.96. The van der Waals surface area contributed by atoms with Gasteiger partial charge in [0.2, 0.25) is 0 Å². The lowest BCUT2D eigenvalue weighted by Gasteiger charge is -2.31. The summed E-state index contributed by atoms with van der Waals surface area (Å²) in [6, 6.07) is 10.4. The summed E-state index contributed by atoms with van der Waals surface area (Å²) in [6.45, 7) is -0.223. The molecule has 2 fully saturated rings. The van der Waals surface area contributed by atoms with E-state index in [-0.39, 0.29) is 35.3 Å². The van der Waals surface area contributed by atoms with Gasteiger partial charge in [-0.05, 0) is 29.9 Å². The maximum atomic E-state index is 13.5. The summed E-state index contributed by atoms with van der Waals surface area (Å²) < 4.78 is 0. The molecule has 3 amide bonds. The molecule has 2 aromatic rings. The Morgan fingerprint density at radius 3 is 2.06 bits per heavy atom. The topological polar surface area (TPSA) is 144 Å². The van der Waals surface area contributed by atoms with Gasteiger partial charge in [-0.1, -0.05) is 30.4 Å². The molecule has 172 valence electrons. The molecule has 1 saturated heterocycles. The number of carbonyl (C=O) groups is 3. The average molecular weight is 462 g/mol. The van der Waals surface area contributed by atoms with Crippen LogP contribution in [0.3, 0.4) is 0 Å². The van der Waals surface area contributed by atoms with Crippen LogP contribution < -0.4 is 0 Å². The summed E-state index contributed by atoms with van der Waals surface area (Å²) in [6.07, 6.45) is 4.59. The smallest absolute Gasteiger partial charge is 0.272 e. The molecular weight excluding hydrogens is 444 g/mol. The molecule has 34 heavy (non-hydrogen) atoms. The molecule has 2 aliphatic carbocycles. The van der Waals surface area contributed by atoms with Crippen LogP contribution in [0.5, 0.6) is 0 Å². The molecule has 1 heterocycles. The number of hydrazine groups is 1. The zero-order chi connectivity index (χ0) is 24.1. The highest BCUT2D eigenvalue weighted by Gasteiger charge is 2.61. The van der Waals surface area contributed by atoms with Crippen LogP contribution in [0.4, 0.5) is 11.4 Å². The minimum absolute atomic E-state index is 0.0603. The minimum atomic E-state index is -0.760. The van der Waals surface area contributed by atoms with Crippen LogP contribution in [0, 0.1) is 43.9 Å². The van der Waals surface area contributed by atoms with Gasteiger partial charge in [-0.25, -0.2) is 5.01 Å². The first-order valence-corrected chi connectivity index (χ1v) is 10.6. The van der Waals surface area contributed by atoms with Crippen molar-refractivity contribution >= 4 is 29.1 Å². The number of nitro groups is 2. The molecule has 3 aliphatic rings. The summed E-state index contributed by atoms with van der Waals surface area (Å²) in [5, 5.41) is 24.0. The normalized spacial score (nSPS) is 24.4. The van der Waals surface area contributed by atoms with E-state index in [1.54, 1.807) is 0 Å². The number of amides is 3. The van der Waals surface area contributed by atoms with Crippen molar-refractivity contribution in [1.29, 1.82) is 0 Å². The molecule has 5 rings (SSSR count). The predicted octanol–water partition coefficient (Wildman–Crippen LogP) is 2.87. The van der Waals surface area contributed by atoms with Gasteiger partial charge in [0, 0.05) is 29.8 Å². The van der Waals surface area contributed by atoms with E-state index < -0.39 is 39.4 Å². The van der Waals surface area contributed by atoms with Gasteiger partial charge in [0.15, 0.2) is 0 Å². The Hall–Kier alpha value is -4.41. The van der Waals surface area contributed by atoms with E-state index in [1.807, 2.05) is 12.2 Å². The number of hydrogen-bond donors (Lipinski definition) is 0. The van der Waals surface area contributed by atoms with Crippen molar-refractivity contribution in [2.45, 2.75) is 13.0 Å². The third-order valence-corrected chi connectivity index (χ3v) is 6.71. The Morgan fingerprint density at radius 1 is 0.912 bits per heavy atom. The first kappa shape index (κ1) is 21.4. The Balaban J connectivity index is 1.52. The Morgan fingerprint density at radius 2 is 1.50 bits per heavy atom. The molecule has 2 bridgehead atoms. The lowest BCUT2D eigenvalue weighted by molar-refractivity contribution is -0.385. The standard InChI is InChI=1S/C23H18N4O7/c28-21(16-2-1-3-18(11-16)27(33)34)24(12-13-4-8-17(9-5-13)26(31)32)25-22(29)19-14-6-7-15(10-14)20(19)23(25)30/h1-9,11,14-15,19-20H,10,12H2/t14-,15-,19-,20-/m0/s1. The van der Waals surface area contributed by atoms with E-state index in [2.05, 4.69) is 0 Å². The highest BCUT2D eigenvalue weighted by atomic mass is 16.6. The van der Waals surface area contributed by atoms with Crippen LogP contribution >= 0.6 is 0 Å². The lowest BCUT2D eigenvalue weighted by Crippen LogP contribution is -2.50. The van der Waals surface area contributed by atoms with Crippen molar-refractivity contribution in [3.8, 4) is 0 Å². The number of imide groups is 1. The number of fused-ring (bicyclic) bond motifs is 5. The Bertz CT molecular complexity index is 1240. The molecule has 0 aromatic heterocycles. The number of non-ortho nitro benzene ring substituents is 2. The zero-order valence-corrected chi connectivity index (χ0v) is 17.6. The van der Waals surface area contributed by atoms with E-state index in [9.17, 15) is 34.6 Å². The fourth-order valence-electron chi connectivity index (χ4n) is 5.16. The summed E-state index contributed by atoms with van der Waals surface area (Å²) in [7, 11) is 0. The molecule has 11 heteroatoms. The molecule has 1 aliphatic heterocycles. The van der Waals surface area contributed by atoms with Crippen molar-refractivity contribution < 1.29 is 24.2 Å². The summed E-state index contributed by atoms with van der Waals surface area (Å²) in [4.78, 5) is 61.2. The first-order valence-electron chi connectivity index (χ1n) is 10.6. The number of allylic oxidation sites excluding steroid dienone is 2. The molecule has 0 N–H and O–H groups in total. The van der Waals surface area contributed by atoms with Crippen molar-refractivity contribution in [2.24, 2.45) is 23.7 Å². The largest absolute Gasteiger partial charge is 0.273 e. The number of rotatable bonds is 6. The molecule has 0 spiro atoms. The van der Waals surface area contributed by atoms with Gasteiger partial charge < -0.3 is 0 Å². The van der Waals surface area contributed by atoms with Gasteiger partial charge in [-0.3, -0.25) is 34.6 Å². The molecule has 4 atom stereocenters. The monoisotopic (exact) mass is 462 g/mol. The number of nitrogens with zero attached hydrogens (tertiary/aromatic N) is 4. The lowest BCUT2D eigenvalue weighted by atomic mass is 9.85. The van der Waals surface area contributed by atoms with Gasteiger partial charge in [-0.15, -0.1) is 0 Å². The van der Waals surface area contributed by atoms with Crippen LogP contribution in [-0.2, 0) is 16.1 Å². The molecule has 0 unspecified atom stereocenters. The van der Waals surface area contributed by atoms with Gasteiger partial charge >= 0.3 is 0 Å². The van der Waals surface area contributed by atoms with Crippen LogP contribution in [0.2, 0.25) is 0 Å². The van der Waals surface area contributed by atoms with Gasteiger partial charge in [0.25, 0.3) is 29.1 Å². The van der Waals surface area contributed by atoms with E-state index in [4.69, 9.17) is 0 Å². The average Bonchev–Trinajstić information content (AvgIpc) is 3.51. The summed E-state index contributed by atoms with van der Waals surface area (Å²) in [5.74, 6) is -2.93. The maximum absolute atomic E-state index is 13.5. The summed E-state index contributed by atoms with van der Waals surface area (Å²) in [5.41, 5.74) is -0.0665. The number of nitro benzene ring substituents is 2. The molecule has 1 saturated carbocycles. The SMILES string of the molecule is O=C(c1cccc([N+](=O)[O-])c1)N(Cc1ccc([N+](=O)[O-])cc1)N1C(=O)[C@@H]2[C@@H](C1=O)[C@H]1C=C[C@H]2C1. The van der Waals surface area contributed by atoms with Crippen LogP contribution in [0.1, 0.15) is 22.3 Å². The Labute approximate surface area is 192 Å². The van der Waals surface area contributed by atoms with Crippen molar-refractivity contribution in [1.82, 2.24) is 10.0 Å². The molecule has 2 aromatic carbocycles. The third kappa shape index (κ3) is 3.33. The first-order chi connectivity index (χ1) is 16.3. The maximum Gasteiger partial charge on any atom is 0.273 e. The van der Waals surface area contributed by atoms with E-state index in [1.165, 1.54) is 42.5 Å². The van der Waals surface area contributed by atoms with Gasteiger partial charge in [-0.2, -0.15) is 5.01 Å². The molecular formula is C23H18N4O7. The fourth-order valence-corrected chi connectivity index (χ4v) is 5.16. The second kappa shape index (κ2) is 7.87. The number of benzene rings is 2. The minimum Gasteiger partial charge on any atom is -0.272 e. The second-order valence-electron chi connectivity index (χ2n) is 8.58. The van der Waals surface area contributed by atoms with Crippen molar-refractivity contribution in [3.05, 3.63) is 92.0 Å². The zero-order valence-electron chi connectivity index (χ0n) is 17.6. The summed E-state index contributed by atoms with van der Waals surface area (Å²) >= 11 is 0. The molecule has 0 radical (unpaired) electrons. The van der Waals surface area contributed by atoms with Crippen LogP contribution in [0.15, 0.2) is 60.7 Å². The third-order valence-electron chi connectivity index (χ3n) is 6.71. The van der Waals surface area contributed by atoms with Crippen LogP contribution in [-0.4, -0.2) is 37.6 Å².